The highest BCUT2D eigenvalue weighted by atomic mass is 79.9. The van der Waals surface area contributed by atoms with Crippen LogP contribution in [-0.4, -0.2) is 29.7 Å². The summed E-state index contributed by atoms with van der Waals surface area (Å²) >= 11 is 3.12. The highest BCUT2D eigenvalue weighted by molar-refractivity contribution is 9.10. The second kappa shape index (κ2) is 7.07. The number of nitrogens with zero attached hydrogens (tertiary/aromatic N) is 1. The third-order valence-corrected chi connectivity index (χ3v) is 3.33. The van der Waals surface area contributed by atoms with Crippen molar-refractivity contribution in [2.75, 3.05) is 13.1 Å². The van der Waals surface area contributed by atoms with Crippen molar-refractivity contribution in [2.24, 2.45) is 0 Å². The molecule has 112 valence electrons. The van der Waals surface area contributed by atoms with Gasteiger partial charge in [0.2, 0.25) is 0 Å². The molecule has 1 aromatic carbocycles. The van der Waals surface area contributed by atoms with E-state index in [2.05, 4.69) is 15.9 Å². The monoisotopic (exact) mass is 345 g/mol. The van der Waals surface area contributed by atoms with E-state index in [0.717, 1.165) is 5.56 Å². The van der Waals surface area contributed by atoms with E-state index in [9.17, 15) is 9.18 Å². The number of hydrogen-bond acceptors (Lipinski definition) is 2. The van der Waals surface area contributed by atoms with Gasteiger partial charge in [-0.2, -0.15) is 0 Å². The van der Waals surface area contributed by atoms with Crippen molar-refractivity contribution in [3.63, 3.8) is 0 Å². The third-order valence-electron chi connectivity index (χ3n) is 2.69. The van der Waals surface area contributed by atoms with Gasteiger partial charge in [-0.1, -0.05) is 6.07 Å². The van der Waals surface area contributed by atoms with Crippen LogP contribution in [0.3, 0.4) is 0 Å². The van der Waals surface area contributed by atoms with Gasteiger partial charge in [0.1, 0.15) is 11.4 Å². The summed E-state index contributed by atoms with van der Waals surface area (Å²) in [6.45, 7) is 8.47. The largest absolute Gasteiger partial charge is 0.444 e. The zero-order valence-corrected chi connectivity index (χ0v) is 14.0. The molecule has 3 nitrogen and oxygen atoms in total. The summed E-state index contributed by atoms with van der Waals surface area (Å²) in [5.41, 5.74) is 0.349. The van der Waals surface area contributed by atoms with Crippen LogP contribution in [-0.2, 0) is 11.2 Å². The lowest BCUT2D eigenvalue weighted by atomic mass is 10.1. The average molecular weight is 346 g/mol. The first kappa shape index (κ1) is 17.0. The second-order valence-electron chi connectivity index (χ2n) is 5.56. The summed E-state index contributed by atoms with van der Waals surface area (Å²) in [5, 5.41) is 0. The van der Waals surface area contributed by atoms with Crippen molar-refractivity contribution in [2.45, 2.75) is 39.7 Å². The molecule has 0 aliphatic rings. The van der Waals surface area contributed by atoms with E-state index in [4.69, 9.17) is 4.74 Å². The van der Waals surface area contributed by atoms with Gasteiger partial charge in [0.25, 0.3) is 0 Å². The molecule has 0 heterocycles. The van der Waals surface area contributed by atoms with E-state index in [0.29, 0.717) is 24.0 Å². The molecule has 0 saturated heterocycles. The summed E-state index contributed by atoms with van der Waals surface area (Å²) in [7, 11) is 0. The Labute approximate surface area is 128 Å². The van der Waals surface area contributed by atoms with Gasteiger partial charge in [-0.3, -0.25) is 0 Å². The van der Waals surface area contributed by atoms with Crippen LogP contribution in [0.2, 0.25) is 0 Å². The molecule has 1 aromatic rings. The molecule has 0 fully saturated rings. The lowest BCUT2D eigenvalue weighted by Gasteiger charge is -2.26. The molecule has 0 N–H and O–H groups in total. The summed E-state index contributed by atoms with van der Waals surface area (Å²) < 4.78 is 19.2. The van der Waals surface area contributed by atoms with E-state index in [1.54, 1.807) is 11.0 Å². The van der Waals surface area contributed by atoms with E-state index in [1.807, 2.05) is 33.8 Å². The van der Waals surface area contributed by atoms with E-state index >= 15 is 0 Å². The van der Waals surface area contributed by atoms with Crippen molar-refractivity contribution in [1.29, 1.82) is 0 Å². The third kappa shape index (κ3) is 5.49. The van der Waals surface area contributed by atoms with Crippen LogP contribution >= 0.6 is 15.9 Å². The molecule has 0 spiro atoms. The number of benzene rings is 1. The zero-order chi connectivity index (χ0) is 15.3. The average Bonchev–Trinajstić information content (AvgIpc) is 2.32. The van der Waals surface area contributed by atoms with E-state index in [1.165, 1.54) is 6.07 Å². The van der Waals surface area contributed by atoms with Crippen molar-refractivity contribution in [3.8, 4) is 0 Å². The standard InChI is InChI=1S/C15H21BrFNO2/c1-5-18(14(19)20-15(2,3)4)9-8-11-6-7-12(16)13(17)10-11/h6-7,10H,5,8-9H2,1-4H3. The Hall–Kier alpha value is -1.10. The molecular formula is C15H21BrFNO2. The first-order chi connectivity index (χ1) is 9.23. The minimum Gasteiger partial charge on any atom is -0.444 e. The van der Waals surface area contributed by atoms with E-state index < -0.39 is 5.60 Å². The summed E-state index contributed by atoms with van der Waals surface area (Å²) in [4.78, 5) is 13.6. The Bertz CT molecular complexity index is 471. The Balaban J connectivity index is 2.61. The number of halogens is 2. The molecule has 0 bridgehead atoms. The van der Waals surface area contributed by atoms with Gasteiger partial charge in [-0.25, -0.2) is 9.18 Å². The summed E-state index contributed by atoms with van der Waals surface area (Å²) in [6, 6.07) is 5.00. The highest BCUT2D eigenvalue weighted by Gasteiger charge is 2.20. The van der Waals surface area contributed by atoms with Crippen LogP contribution < -0.4 is 0 Å². The molecule has 0 atom stereocenters. The fraction of sp³-hybridized carbons (Fsp3) is 0.533. The lowest BCUT2D eigenvalue weighted by Crippen LogP contribution is -2.37. The van der Waals surface area contributed by atoms with Crippen molar-refractivity contribution < 1.29 is 13.9 Å². The van der Waals surface area contributed by atoms with Gasteiger partial charge < -0.3 is 9.64 Å². The van der Waals surface area contributed by atoms with Crippen LogP contribution in [0.1, 0.15) is 33.3 Å². The minimum absolute atomic E-state index is 0.289. The van der Waals surface area contributed by atoms with Crippen LogP contribution in [0.4, 0.5) is 9.18 Å². The molecule has 0 unspecified atom stereocenters. The molecular weight excluding hydrogens is 325 g/mol. The van der Waals surface area contributed by atoms with Crippen LogP contribution in [0, 0.1) is 5.82 Å². The number of rotatable bonds is 4. The van der Waals surface area contributed by atoms with Crippen molar-refractivity contribution in [3.05, 3.63) is 34.1 Å². The Morgan fingerprint density at radius 1 is 1.40 bits per heavy atom. The molecule has 1 amide bonds. The number of amides is 1. The lowest BCUT2D eigenvalue weighted by molar-refractivity contribution is 0.0262. The molecule has 1 rings (SSSR count). The molecule has 0 saturated carbocycles. The van der Waals surface area contributed by atoms with Crippen molar-refractivity contribution in [1.82, 2.24) is 4.90 Å². The van der Waals surface area contributed by atoms with E-state index in [-0.39, 0.29) is 11.9 Å². The van der Waals surface area contributed by atoms with Crippen molar-refractivity contribution >= 4 is 22.0 Å². The fourth-order valence-electron chi connectivity index (χ4n) is 1.66. The van der Waals surface area contributed by atoms with Crippen LogP contribution in [0.15, 0.2) is 22.7 Å². The molecule has 20 heavy (non-hydrogen) atoms. The SMILES string of the molecule is CCN(CCc1ccc(Br)c(F)c1)C(=O)OC(C)(C)C. The predicted molar refractivity (Wildman–Crippen MR) is 81.3 cm³/mol. The van der Waals surface area contributed by atoms with Gasteiger partial charge in [0.15, 0.2) is 0 Å². The smallest absolute Gasteiger partial charge is 0.410 e. The Morgan fingerprint density at radius 2 is 2.05 bits per heavy atom. The predicted octanol–water partition coefficient (Wildman–Crippen LogP) is 4.39. The second-order valence-corrected chi connectivity index (χ2v) is 6.41. The molecule has 0 aromatic heterocycles. The quantitative estimate of drug-likeness (QED) is 0.809. The van der Waals surface area contributed by atoms with Gasteiger partial charge in [0.05, 0.1) is 4.47 Å². The first-order valence-corrected chi connectivity index (χ1v) is 7.44. The number of carbonyl (C=O) groups excluding carboxylic acids is 1. The number of ether oxygens (including phenoxy) is 1. The maximum atomic E-state index is 13.4. The maximum absolute atomic E-state index is 13.4. The highest BCUT2D eigenvalue weighted by Crippen LogP contribution is 2.17. The number of carbonyl (C=O) groups is 1. The summed E-state index contributed by atoms with van der Waals surface area (Å²) in [6.07, 6.45) is 0.259. The van der Waals surface area contributed by atoms with Crippen LogP contribution in [0.5, 0.6) is 0 Å². The van der Waals surface area contributed by atoms with Gasteiger partial charge in [-0.15, -0.1) is 0 Å². The summed E-state index contributed by atoms with van der Waals surface area (Å²) in [5.74, 6) is -0.289. The number of hydrogen-bond donors (Lipinski definition) is 0. The van der Waals surface area contributed by atoms with Gasteiger partial charge in [-0.05, 0) is 67.7 Å². The Morgan fingerprint density at radius 3 is 2.55 bits per heavy atom. The zero-order valence-electron chi connectivity index (χ0n) is 12.4. The van der Waals surface area contributed by atoms with Gasteiger partial charge in [0, 0.05) is 13.1 Å². The normalized spacial score (nSPS) is 11.3. The Kier molecular flexibility index (Phi) is 5.99. The molecule has 0 aliphatic heterocycles. The number of likely N-dealkylation sites (N-methyl/N-ethyl adjacent to an activating group) is 1. The fourth-order valence-corrected chi connectivity index (χ4v) is 1.91. The first-order valence-electron chi connectivity index (χ1n) is 6.65. The minimum atomic E-state index is -0.506. The van der Waals surface area contributed by atoms with Gasteiger partial charge >= 0.3 is 6.09 Å². The molecule has 5 heteroatoms. The topological polar surface area (TPSA) is 29.5 Å². The molecule has 0 radical (unpaired) electrons. The maximum Gasteiger partial charge on any atom is 0.410 e. The van der Waals surface area contributed by atoms with Crippen LogP contribution in [0.25, 0.3) is 0 Å². The molecule has 0 aliphatic carbocycles.